The van der Waals surface area contributed by atoms with Crippen LogP contribution in [0.15, 0.2) is 47.9 Å². The van der Waals surface area contributed by atoms with Gasteiger partial charge in [0.1, 0.15) is 0 Å². The monoisotopic (exact) mass is 383 g/mol. The lowest BCUT2D eigenvalue weighted by Crippen LogP contribution is -2.41. The first-order valence-corrected chi connectivity index (χ1v) is 10.1. The zero-order valence-corrected chi connectivity index (χ0v) is 15.3. The Hall–Kier alpha value is -2.78. The number of hydrogen-bond acceptors (Lipinski definition) is 5. The van der Waals surface area contributed by atoms with Gasteiger partial charge in [-0.1, -0.05) is 0 Å². The van der Waals surface area contributed by atoms with E-state index in [9.17, 15) is 13.2 Å². The van der Waals surface area contributed by atoms with Crippen LogP contribution in [0.3, 0.4) is 0 Å². The van der Waals surface area contributed by atoms with E-state index in [0.717, 1.165) is 11.3 Å². The van der Waals surface area contributed by atoms with Crippen molar-refractivity contribution >= 4 is 32.7 Å². The third kappa shape index (κ3) is 2.31. The second-order valence-electron chi connectivity index (χ2n) is 6.95. The summed E-state index contributed by atoms with van der Waals surface area (Å²) in [6.07, 6.45) is 4.92. The minimum absolute atomic E-state index is 0.0552. The maximum absolute atomic E-state index is 13.2. The number of amides is 1. The minimum Gasteiger partial charge on any atom is -0.345 e. The summed E-state index contributed by atoms with van der Waals surface area (Å²) in [5.41, 5.74) is 3.10. The van der Waals surface area contributed by atoms with Gasteiger partial charge in [0.25, 0.3) is 0 Å². The Balaban J connectivity index is 1.54. The third-order valence-corrected chi connectivity index (χ3v) is 7.38. The fraction of sp³-hybridized carbons (Fsp3) is 0.278. The van der Waals surface area contributed by atoms with E-state index in [1.165, 1.54) is 10.6 Å². The molecule has 0 aliphatic carbocycles. The van der Waals surface area contributed by atoms with Gasteiger partial charge in [0.05, 0.1) is 28.2 Å². The predicted molar refractivity (Wildman–Crippen MR) is 98.7 cm³/mol. The van der Waals surface area contributed by atoms with Gasteiger partial charge >= 0.3 is 0 Å². The Labute approximate surface area is 155 Å². The van der Waals surface area contributed by atoms with Gasteiger partial charge in [-0.25, -0.2) is 13.4 Å². The molecule has 0 radical (unpaired) electrons. The van der Waals surface area contributed by atoms with Crippen LogP contribution in [-0.2, 0) is 14.8 Å². The highest BCUT2D eigenvalue weighted by Crippen LogP contribution is 2.44. The van der Waals surface area contributed by atoms with E-state index in [2.05, 4.69) is 15.0 Å². The van der Waals surface area contributed by atoms with Gasteiger partial charge < -0.3 is 9.88 Å². The van der Waals surface area contributed by atoms with Crippen LogP contribution in [0.2, 0.25) is 0 Å². The standard InChI is InChI=1S/C18H17N5O3S/c1-22-17-4-5-19-7-12(17)13-8-23(9-14(13)18(22)24)27(25,26)11-2-3-15-16(6-11)21-10-20-15/h2-7,10,13-14H,8-9H2,1H3,(H,20,21)/t13-,14-/m1/s1. The molecule has 2 atom stereocenters. The maximum atomic E-state index is 13.2. The summed E-state index contributed by atoms with van der Waals surface area (Å²) in [4.78, 5) is 25.8. The van der Waals surface area contributed by atoms with Crippen LogP contribution in [0.25, 0.3) is 11.0 Å². The average molecular weight is 383 g/mol. The second-order valence-corrected chi connectivity index (χ2v) is 8.89. The highest BCUT2D eigenvalue weighted by atomic mass is 32.2. The van der Waals surface area contributed by atoms with E-state index < -0.39 is 15.9 Å². The summed E-state index contributed by atoms with van der Waals surface area (Å²) in [5.74, 6) is -0.624. The molecule has 1 aromatic carbocycles. The van der Waals surface area contributed by atoms with Crippen molar-refractivity contribution in [1.29, 1.82) is 0 Å². The quantitative estimate of drug-likeness (QED) is 0.720. The number of anilines is 1. The summed E-state index contributed by atoms with van der Waals surface area (Å²) in [5, 5.41) is 0. The Bertz CT molecular complexity index is 1170. The molecule has 0 unspecified atom stereocenters. The first kappa shape index (κ1) is 16.4. The van der Waals surface area contributed by atoms with Gasteiger partial charge in [-0.3, -0.25) is 9.78 Å². The Morgan fingerprint density at radius 3 is 2.85 bits per heavy atom. The number of nitrogens with one attached hydrogen (secondary N) is 1. The van der Waals surface area contributed by atoms with Crippen LogP contribution in [-0.4, -0.2) is 53.7 Å². The van der Waals surface area contributed by atoms with E-state index in [4.69, 9.17) is 0 Å². The van der Waals surface area contributed by atoms with Crippen molar-refractivity contribution in [2.75, 3.05) is 25.0 Å². The zero-order valence-electron chi connectivity index (χ0n) is 14.5. The third-order valence-electron chi connectivity index (χ3n) is 5.55. The maximum Gasteiger partial charge on any atom is 0.243 e. The largest absolute Gasteiger partial charge is 0.345 e. The van der Waals surface area contributed by atoms with Crippen molar-refractivity contribution in [3.05, 3.63) is 48.5 Å². The van der Waals surface area contributed by atoms with Gasteiger partial charge in [0.15, 0.2) is 0 Å². The number of pyridine rings is 1. The molecule has 5 rings (SSSR count). The van der Waals surface area contributed by atoms with Crippen LogP contribution >= 0.6 is 0 Å². The van der Waals surface area contributed by atoms with E-state index in [0.29, 0.717) is 11.0 Å². The average Bonchev–Trinajstić information content (AvgIpc) is 3.33. The lowest BCUT2D eigenvalue weighted by Gasteiger charge is -2.32. The van der Waals surface area contributed by atoms with Crippen LogP contribution < -0.4 is 4.90 Å². The van der Waals surface area contributed by atoms with E-state index in [1.807, 2.05) is 0 Å². The number of hydrogen-bond donors (Lipinski definition) is 1. The first-order valence-electron chi connectivity index (χ1n) is 8.61. The van der Waals surface area contributed by atoms with E-state index in [1.54, 1.807) is 48.6 Å². The summed E-state index contributed by atoms with van der Waals surface area (Å²) in [6.45, 7) is 0.442. The molecule has 1 fully saturated rings. The number of imidazole rings is 1. The molecule has 1 amide bonds. The number of nitrogens with zero attached hydrogens (tertiary/aromatic N) is 4. The van der Waals surface area contributed by atoms with Crippen LogP contribution in [0, 0.1) is 5.92 Å². The molecule has 0 bridgehead atoms. The van der Waals surface area contributed by atoms with Crippen molar-refractivity contribution in [2.45, 2.75) is 10.8 Å². The molecule has 138 valence electrons. The number of carbonyl (C=O) groups excluding carboxylic acids is 1. The number of carbonyl (C=O) groups is 1. The fourth-order valence-electron chi connectivity index (χ4n) is 4.11. The molecular formula is C18H17N5O3S. The molecule has 9 heteroatoms. The minimum atomic E-state index is -3.72. The molecular weight excluding hydrogens is 366 g/mol. The molecule has 0 spiro atoms. The number of aromatic amines is 1. The van der Waals surface area contributed by atoms with E-state index in [-0.39, 0.29) is 29.8 Å². The Morgan fingerprint density at radius 2 is 2.00 bits per heavy atom. The van der Waals surface area contributed by atoms with Crippen molar-refractivity contribution < 1.29 is 13.2 Å². The molecule has 2 aliphatic rings. The molecule has 1 N–H and O–H groups in total. The van der Waals surface area contributed by atoms with Gasteiger partial charge in [-0.15, -0.1) is 0 Å². The van der Waals surface area contributed by atoms with Crippen LogP contribution in [0.5, 0.6) is 0 Å². The number of benzene rings is 1. The number of aromatic nitrogens is 3. The summed E-state index contributed by atoms with van der Waals surface area (Å²) >= 11 is 0. The zero-order chi connectivity index (χ0) is 18.8. The number of H-pyrrole nitrogens is 1. The highest BCUT2D eigenvalue weighted by molar-refractivity contribution is 7.89. The SMILES string of the molecule is CN1C(=O)[C@@H]2CN(S(=O)(=O)c3ccc4nc[nH]c4c3)C[C@@H]2c2cnccc21. The normalized spacial score (nSPS) is 22.9. The van der Waals surface area contributed by atoms with Gasteiger partial charge in [-0.05, 0) is 29.8 Å². The smallest absolute Gasteiger partial charge is 0.243 e. The summed E-state index contributed by atoms with van der Waals surface area (Å²) < 4.78 is 27.8. The van der Waals surface area contributed by atoms with Crippen molar-refractivity contribution in [3.8, 4) is 0 Å². The molecule has 3 aromatic rings. The first-order chi connectivity index (χ1) is 13.0. The molecule has 1 saturated heterocycles. The fourth-order valence-corrected chi connectivity index (χ4v) is 5.63. The number of sulfonamides is 1. The van der Waals surface area contributed by atoms with Gasteiger partial charge in [-0.2, -0.15) is 4.31 Å². The summed E-state index contributed by atoms with van der Waals surface area (Å²) in [6, 6.07) is 6.62. The predicted octanol–water partition coefficient (Wildman–Crippen LogP) is 1.34. The topological polar surface area (TPSA) is 99.3 Å². The number of fused-ring (bicyclic) bond motifs is 4. The molecule has 4 heterocycles. The molecule has 0 saturated carbocycles. The van der Waals surface area contributed by atoms with E-state index >= 15 is 0 Å². The molecule has 2 aliphatic heterocycles. The van der Waals surface area contributed by atoms with Crippen molar-refractivity contribution in [1.82, 2.24) is 19.3 Å². The van der Waals surface area contributed by atoms with Crippen LogP contribution in [0.4, 0.5) is 5.69 Å². The van der Waals surface area contributed by atoms with Crippen molar-refractivity contribution in [3.63, 3.8) is 0 Å². The van der Waals surface area contributed by atoms with Crippen LogP contribution in [0.1, 0.15) is 11.5 Å². The molecule has 8 nitrogen and oxygen atoms in total. The Morgan fingerprint density at radius 1 is 1.19 bits per heavy atom. The summed E-state index contributed by atoms with van der Waals surface area (Å²) in [7, 11) is -1.99. The number of rotatable bonds is 2. The molecule has 2 aromatic heterocycles. The van der Waals surface area contributed by atoms with Gasteiger partial charge in [0.2, 0.25) is 15.9 Å². The van der Waals surface area contributed by atoms with Crippen molar-refractivity contribution in [2.24, 2.45) is 5.92 Å². The van der Waals surface area contributed by atoms with Gasteiger partial charge in [0, 0.05) is 44.1 Å². The molecule has 27 heavy (non-hydrogen) atoms. The highest BCUT2D eigenvalue weighted by Gasteiger charge is 2.48. The second kappa shape index (κ2) is 5.61. The lowest BCUT2D eigenvalue weighted by atomic mass is 9.84. The lowest BCUT2D eigenvalue weighted by molar-refractivity contribution is -0.122. The Kier molecular flexibility index (Phi) is 3.40.